The van der Waals surface area contributed by atoms with Crippen molar-refractivity contribution in [2.75, 3.05) is 0 Å². The number of benzene rings is 2. The summed E-state index contributed by atoms with van der Waals surface area (Å²) in [5.41, 5.74) is 4.58. The number of hydrogen-bond acceptors (Lipinski definition) is 5. The summed E-state index contributed by atoms with van der Waals surface area (Å²) in [6.45, 7) is 4.47. The van der Waals surface area contributed by atoms with E-state index in [1.165, 1.54) is 0 Å². The Morgan fingerprint density at radius 3 is 2.67 bits per heavy atom. The van der Waals surface area contributed by atoms with Crippen LogP contribution in [0.5, 0.6) is 5.75 Å². The van der Waals surface area contributed by atoms with Gasteiger partial charge in [-0.2, -0.15) is 0 Å². The van der Waals surface area contributed by atoms with Crippen LogP contribution in [0.2, 0.25) is 0 Å². The van der Waals surface area contributed by atoms with Crippen molar-refractivity contribution in [2.24, 2.45) is 0 Å². The minimum Gasteiger partial charge on any atom is -0.491 e. The average molecular weight is 399 g/mol. The number of carbonyl (C=O) groups excluding carboxylic acids is 1. The van der Waals surface area contributed by atoms with Crippen LogP contribution < -0.4 is 10.1 Å². The topological polar surface area (TPSA) is 51.2 Å². The summed E-state index contributed by atoms with van der Waals surface area (Å²) in [6.07, 6.45) is 0.147. The van der Waals surface area contributed by atoms with E-state index < -0.39 is 0 Å². The summed E-state index contributed by atoms with van der Waals surface area (Å²) in [4.78, 5) is 17.9. The first-order chi connectivity index (χ1) is 13.1. The molecule has 4 nitrogen and oxygen atoms in total. The fraction of sp³-hybridized carbons (Fsp3) is 0.238. The summed E-state index contributed by atoms with van der Waals surface area (Å²) >= 11 is 3.21. The molecule has 0 spiro atoms. The number of carbonyl (C=O) groups is 1. The van der Waals surface area contributed by atoms with Gasteiger partial charge in [-0.15, -0.1) is 23.1 Å². The fourth-order valence-electron chi connectivity index (χ4n) is 2.48. The van der Waals surface area contributed by atoms with Crippen molar-refractivity contribution >= 4 is 29.0 Å². The lowest BCUT2D eigenvalue weighted by molar-refractivity contribution is 0.0948. The average Bonchev–Trinajstić information content (AvgIpc) is 3.19. The largest absolute Gasteiger partial charge is 0.491 e. The van der Waals surface area contributed by atoms with Crippen molar-refractivity contribution in [1.29, 1.82) is 0 Å². The van der Waals surface area contributed by atoms with E-state index in [2.05, 4.69) is 10.3 Å². The lowest BCUT2D eigenvalue weighted by Crippen LogP contribution is -2.23. The molecule has 0 aliphatic carbocycles. The van der Waals surface area contributed by atoms with Crippen LogP contribution >= 0.6 is 23.1 Å². The standard InChI is InChI=1S/C21H22N2O2S2/c1-15(2)25-18-9-7-16(8-10-18)11-22-21(24)19-5-3-4-6-20(19)27-13-17-12-26-14-23-17/h3-10,12,14-15H,11,13H2,1-2H3,(H,22,24). The van der Waals surface area contributed by atoms with Crippen LogP contribution in [0.3, 0.4) is 0 Å². The second-order valence-corrected chi connectivity index (χ2v) is 7.99. The van der Waals surface area contributed by atoms with Gasteiger partial charge < -0.3 is 10.1 Å². The fourth-order valence-corrected chi connectivity index (χ4v) is 4.09. The van der Waals surface area contributed by atoms with Crippen LogP contribution in [0.25, 0.3) is 0 Å². The quantitative estimate of drug-likeness (QED) is 0.533. The molecule has 1 aromatic heterocycles. The summed E-state index contributed by atoms with van der Waals surface area (Å²) in [5.74, 6) is 1.52. The molecule has 1 amide bonds. The normalized spacial score (nSPS) is 10.8. The third-order valence-corrected chi connectivity index (χ3v) is 5.48. The van der Waals surface area contributed by atoms with Gasteiger partial charge in [-0.1, -0.05) is 24.3 Å². The van der Waals surface area contributed by atoms with E-state index in [1.807, 2.05) is 73.3 Å². The molecule has 1 heterocycles. The molecule has 3 rings (SSSR count). The molecule has 0 saturated carbocycles. The molecular formula is C21H22N2O2S2. The lowest BCUT2D eigenvalue weighted by Gasteiger charge is -2.11. The minimum absolute atomic E-state index is 0.0705. The maximum absolute atomic E-state index is 12.6. The van der Waals surface area contributed by atoms with Gasteiger partial charge in [0.1, 0.15) is 5.75 Å². The number of hydrogen-bond donors (Lipinski definition) is 1. The molecule has 0 bridgehead atoms. The first-order valence-corrected chi connectivity index (χ1v) is 10.7. The van der Waals surface area contributed by atoms with E-state index in [-0.39, 0.29) is 12.0 Å². The zero-order chi connectivity index (χ0) is 19.1. The molecule has 1 N–H and O–H groups in total. The van der Waals surface area contributed by atoms with Crippen molar-refractivity contribution in [3.63, 3.8) is 0 Å². The molecule has 0 saturated heterocycles. The summed E-state index contributed by atoms with van der Waals surface area (Å²) < 4.78 is 5.64. The number of thiazole rings is 1. The molecule has 0 aliphatic rings. The Morgan fingerprint density at radius 2 is 1.96 bits per heavy atom. The number of aromatic nitrogens is 1. The SMILES string of the molecule is CC(C)Oc1ccc(CNC(=O)c2ccccc2SCc2cscn2)cc1. The lowest BCUT2D eigenvalue weighted by atomic mass is 10.2. The first-order valence-electron chi connectivity index (χ1n) is 8.74. The van der Waals surface area contributed by atoms with Gasteiger partial charge in [-0.25, -0.2) is 4.98 Å². The van der Waals surface area contributed by atoms with E-state index >= 15 is 0 Å². The van der Waals surface area contributed by atoms with Gasteiger partial charge in [0.25, 0.3) is 5.91 Å². The predicted molar refractivity (Wildman–Crippen MR) is 111 cm³/mol. The summed E-state index contributed by atoms with van der Waals surface area (Å²) in [6, 6.07) is 15.5. The van der Waals surface area contributed by atoms with Gasteiger partial charge in [-0.05, 0) is 43.7 Å². The highest BCUT2D eigenvalue weighted by Crippen LogP contribution is 2.26. The summed E-state index contributed by atoms with van der Waals surface area (Å²) in [5, 5.41) is 5.03. The van der Waals surface area contributed by atoms with Crippen molar-refractivity contribution in [3.05, 3.63) is 76.2 Å². The predicted octanol–water partition coefficient (Wildman–Crippen LogP) is 5.15. The van der Waals surface area contributed by atoms with Gasteiger partial charge in [0.2, 0.25) is 0 Å². The van der Waals surface area contributed by atoms with Crippen LogP contribution in [-0.4, -0.2) is 17.0 Å². The third kappa shape index (κ3) is 5.84. The molecule has 140 valence electrons. The second kappa shape index (κ2) is 9.58. The maximum atomic E-state index is 12.6. The first kappa shape index (κ1) is 19.5. The van der Waals surface area contributed by atoms with E-state index in [4.69, 9.17) is 4.74 Å². The van der Waals surface area contributed by atoms with Gasteiger partial charge in [0.05, 0.1) is 22.9 Å². The van der Waals surface area contributed by atoms with E-state index in [9.17, 15) is 4.79 Å². The highest BCUT2D eigenvalue weighted by Gasteiger charge is 2.11. The van der Waals surface area contributed by atoms with Crippen molar-refractivity contribution < 1.29 is 9.53 Å². The van der Waals surface area contributed by atoms with Crippen molar-refractivity contribution in [3.8, 4) is 5.75 Å². The molecule has 0 fully saturated rings. The molecular weight excluding hydrogens is 376 g/mol. The second-order valence-electron chi connectivity index (χ2n) is 6.26. The molecule has 0 atom stereocenters. The number of rotatable bonds is 8. The van der Waals surface area contributed by atoms with Gasteiger partial charge in [0.15, 0.2) is 0 Å². The van der Waals surface area contributed by atoms with Gasteiger partial charge in [0, 0.05) is 22.6 Å². The number of thioether (sulfide) groups is 1. The highest BCUT2D eigenvalue weighted by molar-refractivity contribution is 7.98. The van der Waals surface area contributed by atoms with Crippen LogP contribution in [-0.2, 0) is 12.3 Å². The van der Waals surface area contributed by atoms with Gasteiger partial charge in [-0.3, -0.25) is 4.79 Å². The monoisotopic (exact) mass is 398 g/mol. The highest BCUT2D eigenvalue weighted by atomic mass is 32.2. The Hall–Kier alpha value is -2.31. The van der Waals surface area contributed by atoms with Crippen LogP contribution in [0.1, 0.15) is 35.5 Å². The minimum atomic E-state index is -0.0705. The smallest absolute Gasteiger partial charge is 0.252 e. The molecule has 27 heavy (non-hydrogen) atoms. The van der Waals surface area contributed by atoms with Crippen molar-refractivity contribution in [1.82, 2.24) is 10.3 Å². The Kier molecular flexibility index (Phi) is 6.90. The zero-order valence-corrected chi connectivity index (χ0v) is 17.0. The number of nitrogens with zero attached hydrogens (tertiary/aromatic N) is 1. The van der Waals surface area contributed by atoms with Crippen LogP contribution in [0, 0.1) is 0 Å². The molecule has 6 heteroatoms. The van der Waals surface area contributed by atoms with Crippen LogP contribution in [0.15, 0.2) is 64.3 Å². The molecule has 0 aliphatic heterocycles. The molecule has 0 unspecified atom stereocenters. The maximum Gasteiger partial charge on any atom is 0.252 e. The van der Waals surface area contributed by atoms with Gasteiger partial charge >= 0.3 is 0 Å². The number of nitrogens with one attached hydrogen (secondary N) is 1. The Labute approximate surface area is 168 Å². The summed E-state index contributed by atoms with van der Waals surface area (Å²) in [7, 11) is 0. The van der Waals surface area contributed by atoms with Crippen molar-refractivity contribution in [2.45, 2.75) is 37.1 Å². The zero-order valence-electron chi connectivity index (χ0n) is 15.3. The van der Waals surface area contributed by atoms with Crippen LogP contribution in [0.4, 0.5) is 0 Å². The third-order valence-electron chi connectivity index (χ3n) is 3.74. The molecule has 2 aromatic carbocycles. The Morgan fingerprint density at radius 1 is 1.19 bits per heavy atom. The number of amides is 1. The Balaban J connectivity index is 1.59. The van der Waals surface area contributed by atoms with E-state index in [0.29, 0.717) is 12.1 Å². The Bertz CT molecular complexity index is 862. The molecule has 0 radical (unpaired) electrons. The van der Waals surface area contributed by atoms with E-state index in [1.54, 1.807) is 23.1 Å². The number of ether oxygens (including phenoxy) is 1. The van der Waals surface area contributed by atoms with E-state index in [0.717, 1.165) is 27.7 Å². The molecule has 3 aromatic rings.